The van der Waals surface area contributed by atoms with Crippen molar-refractivity contribution in [3.63, 3.8) is 0 Å². The van der Waals surface area contributed by atoms with Crippen molar-refractivity contribution in [3.05, 3.63) is 53.8 Å². The number of allylic oxidation sites excluding steroid dienone is 1. The predicted molar refractivity (Wildman–Crippen MR) is 125 cm³/mol. The molecule has 2 fully saturated rings. The summed E-state index contributed by atoms with van der Waals surface area (Å²) in [6, 6.07) is 4.92. The molecule has 1 saturated carbocycles. The molecule has 7 heteroatoms. The van der Waals surface area contributed by atoms with Crippen LogP contribution in [-0.4, -0.2) is 56.2 Å². The van der Waals surface area contributed by atoms with Crippen LogP contribution >= 0.6 is 8.58 Å². The van der Waals surface area contributed by atoms with Gasteiger partial charge in [-0.1, -0.05) is 15.0 Å². The highest BCUT2D eigenvalue weighted by Crippen LogP contribution is 2.44. The molecule has 5 heterocycles. The van der Waals surface area contributed by atoms with Crippen molar-refractivity contribution in [1.29, 1.82) is 0 Å². The maximum Gasteiger partial charge on any atom is 0.252 e. The third-order valence-corrected chi connectivity index (χ3v) is 8.65. The van der Waals surface area contributed by atoms with Crippen molar-refractivity contribution >= 4 is 31.7 Å². The van der Waals surface area contributed by atoms with Gasteiger partial charge in [0, 0.05) is 42.8 Å². The third-order valence-electron chi connectivity index (χ3n) is 7.18. The van der Waals surface area contributed by atoms with E-state index in [4.69, 9.17) is 4.99 Å². The largest absolute Gasteiger partial charge is 0.306 e. The fourth-order valence-corrected chi connectivity index (χ4v) is 6.49. The van der Waals surface area contributed by atoms with Gasteiger partial charge < -0.3 is 14.2 Å². The van der Waals surface area contributed by atoms with Gasteiger partial charge in [-0.05, 0) is 68.7 Å². The Morgan fingerprint density at radius 1 is 1.10 bits per heavy atom. The molecule has 6 nitrogen and oxygen atoms in total. The van der Waals surface area contributed by atoms with E-state index in [1.54, 1.807) is 0 Å². The SMILES string of the molecule is Cc1cn2cc(C3=CC(=O)N4C=C(C5CCN(C6CCC6)CC5)N=CC4P3)ccc2n1. The van der Waals surface area contributed by atoms with Crippen LogP contribution in [0.15, 0.2) is 47.5 Å². The number of carbonyl (C=O) groups is 1. The lowest BCUT2D eigenvalue weighted by Gasteiger charge is -2.42. The smallest absolute Gasteiger partial charge is 0.252 e. The van der Waals surface area contributed by atoms with E-state index in [1.807, 2.05) is 47.0 Å². The summed E-state index contributed by atoms with van der Waals surface area (Å²) in [7, 11) is 0.493. The molecular formula is C24H28N5OP. The van der Waals surface area contributed by atoms with E-state index in [-0.39, 0.29) is 11.7 Å². The molecule has 2 atom stereocenters. The van der Waals surface area contributed by atoms with E-state index in [0.29, 0.717) is 14.5 Å². The van der Waals surface area contributed by atoms with Crippen LogP contribution in [0.4, 0.5) is 0 Å². The average molecular weight is 433 g/mol. The number of hydrogen-bond acceptors (Lipinski definition) is 4. The number of amides is 1. The van der Waals surface area contributed by atoms with Crippen LogP contribution in [0.2, 0.25) is 0 Å². The summed E-state index contributed by atoms with van der Waals surface area (Å²) in [4.78, 5) is 26.9. The first-order chi connectivity index (χ1) is 15.1. The Kier molecular flexibility index (Phi) is 4.81. The topological polar surface area (TPSA) is 53.2 Å². The molecule has 0 N–H and O–H groups in total. The Bertz CT molecular complexity index is 1120. The van der Waals surface area contributed by atoms with Gasteiger partial charge in [0.2, 0.25) is 0 Å². The van der Waals surface area contributed by atoms with Gasteiger partial charge in [0.1, 0.15) is 5.65 Å². The number of aliphatic imine (C=N–C) groups is 1. The highest BCUT2D eigenvalue weighted by molar-refractivity contribution is 7.52. The molecule has 1 amide bonds. The molecule has 0 aromatic carbocycles. The molecule has 2 unspecified atom stereocenters. The van der Waals surface area contributed by atoms with E-state index in [1.165, 1.54) is 32.4 Å². The molecule has 1 aliphatic carbocycles. The standard InChI is InChI=1S/C24H28N5OP/c1-16-13-28-14-18(5-6-22(28)26-16)21-11-23(30)29-15-20(25-12-24(29)31-21)17-7-9-27(10-8-17)19-3-2-4-19/h5-6,11-15,17,19,24,31H,2-4,7-10H2,1H3. The van der Waals surface area contributed by atoms with E-state index < -0.39 is 0 Å². The Hall–Kier alpha value is -2.30. The monoisotopic (exact) mass is 433 g/mol. The molecule has 0 bridgehead atoms. The zero-order chi connectivity index (χ0) is 20.9. The zero-order valence-electron chi connectivity index (χ0n) is 17.9. The Morgan fingerprint density at radius 2 is 1.94 bits per heavy atom. The maximum atomic E-state index is 13.0. The number of fused-ring (bicyclic) bond motifs is 2. The normalized spacial score (nSPS) is 26.2. The number of nitrogens with zero attached hydrogens (tertiary/aromatic N) is 5. The van der Waals surface area contributed by atoms with Crippen LogP contribution in [0.1, 0.15) is 43.4 Å². The van der Waals surface area contributed by atoms with Crippen molar-refractivity contribution in [3.8, 4) is 0 Å². The number of aryl methyl sites for hydroxylation is 1. The molecule has 2 aromatic rings. The van der Waals surface area contributed by atoms with Crippen LogP contribution in [0, 0.1) is 12.8 Å². The quantitative estimate of drug-likeness (QED) is 0.687. The summed E-state index contributed by atoms with van der Waals surface area (Å²) < 4.78 is 2.04. The molecule has 0 radical (unpaired) electrons. The number of aromatic nitrogens is 2. The van der Waals surface area contributed by atoms with Crippen molar-refractivity contribution in [1.82, 2.24) is 19.2 Å². The lowest BCUT2D eigenvalue weighted by atomic mass is 9.87. The Labute approximate surface area is 184 Å². The minimum atomic E-state index is 0.0338. The summed E-state index contributed by atoms with van der Waals surface area (Å²) in [5, 5.41) is 1.09. The second-order valence-electron chi connectivity index (χ2n) is 9.19. The molecular weight excluding hydrogens is 405 g/mol. The number of imidazole rings is 1. The van der Waals surface area contributed by atoms with Gasteiger partial charge in [0.15, 0.2) is 0 Å². The number of carbonyl (C=O) groups excluding carboxylic acids is 1. The predicted octanol–water partition coefficient (Wildman–Crippen LogP) is 4.02. The van der Waals surface area contributed by atoms with Crippen LogP contribution in [0.5, 0.6) is 0 Å². The first-order valence-corrected chi connectivity index (χ1v) is 12.5. The molecule has 1 saturated heterocycles. The third kappa shape index (κ3) is 3.56. The lowest BCUT2D eigenvalue weighted by Crippen LogP contribution is -2.45. The first kappa shape index (κ1) is 19.4. The molecule has 31 heavy (non-hydrogen) atoms. The summed E-state index contributed by atoms with van der Waals surface area (Å²) in [5.41, 5.74) is 4.11. The van der Waals surface area contributed by atoms with Crippen LogP contribution in [0.3, 0.4) is 0 Å². The van der Waals surface area contributed by atoms with E-state index >= 15 is 0 Å². The minimum absolute atomic E-state index is 0.0338. The van der Waals surface area contributed by atoms with Gasteiger partial charge in [-0.3, -0.25) is 9.79 Å². The highest BCUT2D eigenvalue weighted by atomic mass is 31.1. The molecule has 6 rings (SSSR count). The fourth-order valence-electron chi connectivity index (χ4n) is 5.16. The number of piperidine rings is 1. The number of pyridine rings is 1. The summed E-state index contributed by atoms with van der Waals surface area (Å²) >= 11 is 0. The van der Waals surface area contributed by atoms with Gasteiger partial charge in [-0.15, -0.1) is 0 Å². The number of likely N-dealkylation sites (tertiary alicyclic amines) is 1. The van der Waals surface area contributed by atoms with E-state index in [9.17, 15) is 4.79 Å². The van der Waals surface area contributed by atoms with Gasteiger partial charge in [-0.25, -0.2) is 4.98 Å². The zero-order valence-corrected chi connectivity index (χ0v) is 18.9. The second-order valence-corrected chi connectivity index (χ2v) is 10.6. The van der Waals surface area contributed by atoms with Crippen molar-refractivity contribution in [2.24, 2.45) is 10.9 Å². The maximum absolute atomic E-state index is 13.0. The van der Waals surface area contributed by atoms with Crippen LogP contribution in [0.25, 0.3) is 11.0 Å². The molecule has 4 aliphatic rings. The molecule has 160 valence electrons. The van der Waals surface area contributed by atoms with Gasteiger partial charge in [-0.2, -0.15) is 0 Å². The highest BCUT2D eigenvalue weighted by Gasteiger charge is 2.33. The van der Waals surface area contributed by atoms with E-state index in [2.05, 4.69) is 22.1 Å². The van der Waals surface area contributed by atoms with Gasteiger partial charge in [0.05, 0.1) is 17.2 Å². The lowest BCUT2D eigenvalue weighted by molar-refractivity contribution is -0.123. The molecule has 3 aliphatic heterocycles. The van der Waals surface area contributed by atoms with Gasteiger partial charge >= 0.3 is 0 Å². The van der Waals surface area contributed by atoms with Crippen molar-refractivity contribution in [2.75, 3.05) is 13.1 Å². The van der Waals surface area contributed by atoms with E-state index in [0.717, 1.165) is 46.8 Å². The summed E-state index contributed by atoms with van der Waals surface area (Å²) in [5.74, 6) is 0.574. The van der Waals surface area contributed by atoms with Crippen molar-refractivity contribution in [2.45, 2.75) is 50.9 Å². The van der Waals surface area contributed by atoms with Gasteiger partial charge in [0.25, 0.3) is 5.91 Å². The fraction of sp³-hybridized carbons (Fsp3) is 0.458. The van der Waals surface area contributed by atoms with Crippen LogP contribution < -0.4 is 0 Å². The Balaban J connectivity index is 1.18. The molecule has 2 aromatic heterocycles. The van der Waals surface area contributed by atoms with Crippen LogP contribution in [-0.2, 0) is 4.79 Å². The average Bonchev–Trinajstić information content (AvgIpc) is 3.12. The minimum Gasteiger partial charge on any atom is -0.306 e. The first-order valence-electron chi connectivity index (χ1n) is 11.4. The van der Waals surface area contributed by atoms with Crippen molar-refractivity contribution < 1.29 is 4.79 Å². The summed E-state index contributed by atoms with van der Waals surface area (Å²) in [6.07, 6.45) is 16.4. The second kappa shape index (κ2) is 7.68. The number of rotatable bonds is 3. The molecule has 0 spiro atoms. The number of hydrogen-bond donors (Lipinski definition) is 0. The summed E-state index contributed by atoms with van der Waals surface area (Å²) in [6.45, 7) is 4.33. The Morgan fingerprint density at radius 3 is 2.71 bits per heavy atom.